The number of halogens is 1. The SMILES string of the molecule is CC(C)(C)OC(=O)N1CCCN(C(=O)OCc2nc(-c3ccc(Cl)cc3)cs2)CC1. The summed E-state index contributed by atoms with van der Waals surface area (Å²) in [5, 5.41) is 3.32. The third-order valence-electron chi connectivity index (χ3n) is 4.42. The normalized spacial score (nSPS) is 14.9. The van der Waals surface area contributed by atoms with E-state index in [-0.39, 0.29) is 12.7 Å². The number of hydrogen-bond donors (Lipinski definition) is 0. The standard InChI is InChI=1S/C21H26ClN3O4S/c1-21(2,3)29-20(27)25-10-4-9-24(11-12-25)19(26)28-13-18-23-17(14-30-18)15-5-7-16(22)8-6-15/h5-8,14H,4,9-13H2,1-3H3. The predicted octanol–water partition coefficient (Wildman–Crippen LogP) is 5.04. The fourth-order valence-corrected chi connectivity index (χ4v) is 3.79. The molecular weight excluding hydrogens is 426 g/mol. The van der Waals surface area contributed by atoms with Gasteiger partial charge in [-0.1, -0.05) is 23.7 Å². The molecule has 0 unspecified atom stereocenters. The van der Waals surface area contributed by atoms with Crippen LogP contribution >= 0.6 is 22.9 Å². The van der Waals surface area contributed by atoms with Crippen LogP contribution in [0.3, 0.4) is 0 Å². The number of carbonyl (C=O) groups is 2. The molecule has 1 fully saturated rings. The van der Waals surface area contributed by atoms with Crippen molar-refractivity contribution in [3.05, 3.63) is 39.7 Å². The second kappa shape index (κ2) is 9.66. The van der Waals surface area contributed by atoms with Crippen molar-refractivity contribution in [2.24, 2.45) is 0 Å². The second-order valence-electron chi connectivity index (χ2n) is 8.00. The van der Waals surface area contributed by atoms with Gasteiger partial charge in [-0.2, -0.15) is 0 Å². The minimum absolute atomic E-state index is 0.114. The Morgan fingerprint density at radius 3 is 2.33 bits per heavy atom. The minimum Gasteiger partial charge on any atom is -0.444 e. The summed E-state index contributed by atoms with van der Waals surface area (Å²) < 4.78 is 10.9. The smallest absolute Gasteiger partial charge is 0.410 e. The van der Waals surface area contributed by atoms with Gasteiger partial charge in [-0.05, 0) is 39.3 Å². The third-order valence-corrected chi connectivity index (χ3v) is 5.49. The highest BCUT2D eigenvalue weighted by molar-refractivity contribution is 7.09. The molecule has 0 radical (unpaired) electrons. The maximum absolute atomic E-state index is 12.5. The maximum atomic E-state index is 12.5. The molecule has 162 valence electrons. The molecule has 7 nitrogen and oxygen atoms in total. The molecular formula is C21H26ClN3O4S. The molecule has 1 aromatic carbocycles. The van der Waals surface area contributed by atoms with Gasteiger partial charge in [0.15, 0.2) is 0 Å². The first kappa shape index (κ1) is 22.4. The Bertz CT molecular complexity index is 879. The van der Waals surface area contributed by atoms with Gasteiger partial charge in [0.25, 0.3) is 0 Å². The van der Waals surface area contributed by atoms with Crippen molar-refractivity contribution >= 4 is 35.1 Å². The van der Waals surface area contributed by atoms with Crippen molar-refractivity contribution in [1.29, 1.82) is 0 Å². The van der Waals surface area contributed by atoms with Gasteiger partial charge in [-0.15, -0.1) is 11.3 Å². The van der Waals surface area contributed by atoms with Gasteiger partial charge in [0, 0.05) is 42.1 Å². The number of amides is 2. The summed E-state index contributed by atoms with van der Waals surface area (Å²) in [6.45, 7) is 7.54. The molecule has 1 aromatic heterocycles. The quantitative estimate of drug-likeness (QED) is 0.653. The van der Waals surface area contributed by atoms with Gasteiger partial charge in [-0.3, -0.25) is 0 Å². The maximum Gasteiger partial charge on any atom is 0.410 e. The van der Waals surface area contributed by atoms with E-state index in [1.807, 2.05) is 50.4 Å². The highest BCUT2D eigenvalue weighted by Crippen LogP contribution is 2.24. The van der Waals surface area contributed by atoms with Crippen LogP contribution in [0.4, 0.5) is 9.59 Å². The first-order valence-corrected chi connectivity index (χ1v) is 11.1. The summed E-state index contributed by atoms with van der Waals surface area (Å²) in [4.78, 5) is 32.5. The van der Waals surface area contributed by atoms with Crippen molar-refractivity contribution in [3.63, 3.8) is 0 Å². The number of hydrogen-bond acceptors (Lipinski definition) is 6. The van der Waals surface area contributed by atoms with Crippen LogP contribution in [-0.4, -0.2) is 58.8 Å². The van der Waals surface area contributed by atoms with Gasteiger partial charge in [0.05, 0.1) is 5.69 Å². The van der Waals surface area contributed by atoms with Crippen LogP contribution < -0.4 is 0 Å². The molecule has 9 heteroatoms. The summed E-state index contributed by atoms with van der Waals surface area (Å²) in [6, 6.07) is 7.44. The lowest BCUT2D eigenvalue weighted by Crippen LogP contribution is -2.40. The molecule has 0 aliphatic carbocycles. The van der Waals surface area contributed by atoms with Gasteiger partial charge in [0.2, 0.25) is 0 Å². The fourth-order valence-electron chi connectivity index (χ4n) is 2.95. The van der Waals surface area contributed by atoms with Crippen LogP contribution in [0.1, 0.15) is 32.2 Å². The lowest BCUT2D eigenvalue weighted by molar-refractivity contribution is 0.0255. The van der Waals surface area contributed by atoms with Crippen LogP contribution in [0.2, 0.25) is 5.02 Å². The Kier molecular flexibility index (Phi) is 7.20. The van der Waals surface area contributed by atoms with Gasteiger partial charge >= 0.3 is 12.2 Å². The molecule has 0 saturated carbocycles. The van der Waals surface area contributed by atoms with E-state index < -0.39 is 11.7 Å². The van der Waals surface area contributed by atoms with E-state index in [1.54, 1.807) is 9.80 Å². The molecule has 2 amide bonds. The summed E-state index contributed by atoms with van der Waals surface area (Å²) in [5.41, 5.74) is 1.24. The average molecular weight is 452 g/mol. The first-order valence-electron chi connectivity index (χ1n) is 9.81. The van der Waals surface area contributed by atoms with E-state index in [1.165, 1.54) is 11.3 Å². The number of thiazole rings is 1. The minimum atomic E-state index is -0.541. The largest absolute Gasteiger partial charge is 0.444 e. The second-order valence-corrected chi connectivity index (χ2v) is 9.38. The van der Waals surface area contributed by atoms with E-state index in [9.17, 15) is 9.59 Å². The monoisotopic (exact) mass is 451 g/mol. The van der Waals surface area contributed by atoms with E-state index in [0.717, 1.165) is 16.3 Å². The topological polar surface area (TPSA) is 72.0 Å². The van der Waals surface area contributed by atoms with Crippen molar-refractivity contribution < 1.29 is 19.1 Å². The van der Waals surface area contributed by atoms with Crippen LogP contribution in [0.25, 0.3) is 11.3 Å². The molecule has 0 spiro atoms. The molecule has 1 saturated heterocycles. The summed E-state index contributed by atoms with van der Waals surface area (Å²) >= 11 is 7.36. The molecule has 30 heavy (non-hydrogen) atoms. The van der Waals surface area contributed by atoms with Crippen LogP contribution in [0.5, 0.6) is 0 Å². The van der Waals surface area contributed by atoms with E-state index in [2.05, 4.69) is 4.98 Å². The zero-order valence-electron chi connectivity index (χ0n) is 17.4. The molecule has 2 aromatic rings. The molecule has 1 aliphatic heterocycles. The van der Waals surface area contributed by atoms with Crippen molar-refractivity contribution in [3.8, 4) is 11.3 Å². The summed E-state index contributed by atoms with van der Waals surface area (Å²) in [5.74, 6) is 0. The Morgan fingerprint density at radius 2 is 1.70 bits per heavy atom. The van der Waals surface area contributed by atoms with E-state index in [4.69, 9.17) is 21.1 Å². The molecule has 3 rings (SSSR count). The average Bonchev–Trinajstić information content (AvgIpc) is 3.00. The number of aromatic nitrogens is 1. The number of rotatable bonds is 3. The molecule has 1 aliphatic rings. The molecule has 0 atom stereocenters. The highest BCUT2D eigenvalue weighted by Gasteiger charge is 2.26. The number of benzene rings is 1. The number of nitrogens with zero attached hydrogens (tertiary/aromatic N) is 3. The summed E-state index contributed by atoms with van der Waals surface area (Å²) in [7, 11) is 0. The number of carbonyl (C=O) groups excluding carboxylic acids is 2. The Hall–Kier alpha value is -2.32. The van der Waals surface area contributed by atoms with Crippen molar-refractivity contribution in [2.45, 2.75) is 39.4 Å². The van der Waals surface area contributed by atoms with Crippen LogP contribution in [0.15, 0.2) is 29.6 Å². The fraction of sp³-hybridized carbons (Fsp3) is 0.476. The zero-order chi connectivity index (χ0) is 21.7. The Morgan fingerprint density at radius 1 is 1.07 bits per heavy atom. The molecule has 2 heterocycles. The zero-order valence-corrected chi connectivity index (χ0v) is 19.0. The van der Waals surface area contributed by atoms with Crippen LogP contribution in [-0.2, 0) is 16.1 Å². The van der Waals surface area contributed by atoms with Crippen molar-refractivity contribution in [2.75, 3.05) is 26.2 Å². The highest BCUT2D eigenvalue weighted by atomic mass is 35.5. The summed E-state index contributed by atoms with van der Waals surface area (Å²) in [6.07, 6.45) is -0.0775. The number of ether oxygens (including phenoxy) is 2. The Balaban J connectivity index is 1.49. The van der Waals surface area contributed by atoms with Gasteiger partial charge in [-0.25, -0.2) is 14.6 Å². The lowest BCUT2D eigenvalue weighted by Gasteiger charge is -2.26. The van der Waals surface area contributed by atoms with E-state index >= 15 is 0 Å². The lowest BCUT2D eigenvalue weighted by atomic mass is 10.2. The third kappa shape index (κ3) is 6.34. The first-order chi connectivity index (χ1) is 14.2. The van der Waals surface area contributed by atoms with Gasteiger partial charge < -0.3 is 19.3 Å². The predicted molar refractivity (Wildman–Crippen MR) is 117 cm³/mol. The van der Waals surface area contributed by atoms with Gasteiger partial charge in [0.1, 0.15) is 17.2 Å². The Labute approximate surface area is 185 Å². The van der Waals surface area contributed by atoms with E-state index in [0.29, 0.717) is 37.6 Å². The van der Waals surface area contributed by atoms with Crippen LogP contribution in [0, 0.1) is 0 Å². The molecule has 0 N–H and O–H groups in total. The van der Waals surface area contributed by atoms with Crippen molar-refractivity contribution in [1.82, 2.24) is 14.8 Å². The molecule has 0 bridgehead atoms.